The van der Waals surface area contributed by atoms with Gasteiger partial charge in [-0.15, -0.1) is 0 Å². The van der Waals surface area contributed by atoms with Crippen LogP contribution in [0, 0.1) is 0 Å². The average Bonchev–Trinajstić information content (AvgIpc) is 2.60. The summed E-state index contributed by atoms with van der Waals surface area (Å²) in [7, 11) is 0. The second kappa shape index (κ2) is 17.4. The zero-order chi connectivity index (χ0) is 21.2. The van der Waals surface area contributed by atoms with Gasteiger partial charge in [0.05, 0.1) is 13.2 Å². The van der Waals surface area contributed by atoms with Crippen LogP contribution in [-0.4, -0.2) is 61.4 Å². The van der Waals surface area contributed by atoms with E-state index in [1.807, 2.05) is 0 Å². The zero-order valence-corrected chi connectivity index (χ0v) is 17.6. The van der Waals surface area contributed by atoms with E-state index < -0.39 is 5.97 Å². The van der Waals surface area contributed by atoms with Crippen LogP contribution in [0.3, 0.4) is 0 Å². The number of hydrogen-bond donors (Lipinski definition) is 3. The van der Waals surface area contributed by atoms with Gasteiger partial charge in [-0.3, -0.25) is 14.4 Å². The summed E-state index contributed by atoms with van der Waals surface area (Å²) in [6.07, 6.45) is 8.76. The molecule has 0 aromatic heterocycles. The Hall–Kier alpha value is -1.67. The smallest absolute Gasteiger partial charge is 0.302 e. The summed E-state index contributed by atoms with van der Waals surface area (Å²) in [5.41, 5.74) is 0. The summed E-state index contributed by atoms with van der Waals surface area (Å²) >= 11 is 0. The van der Waals surface area contributed by atoms with E-state index >= 15 is 0 Å². The van der Waals surface area contributed by atoms with Gasteiger partial charge < -0.3 is 25.2 Å². The van der Waals surface area contributed by atoms with Gasteiger partial charge in [-0.1, -0.05) is 25.7 Å². The molecule has 8 nitrogen and oxygen atoms in total. The quantitative estimate of drug-likeness (QED) is 0.336. The minimum atomic E-state index is -0.833. The van der Waals surface area contributed by atoms with E-state index in [4.69, 9.17) is 19.4 Å². The molecule has 0 bridgehead atoms. The topological polar surface area (TPSA) is 114 Å². The van der Waals surface area contributed by atoms with Crippen molar-refractivity contribution < 1.29 is 29.0 Å². The van der Waals surface area contributed by atoms with Crippen molar-refractivity contribution >= 4 is 17.9 Å². The number of nitrogens with one attached hydrogen (secondary N) is 2. The van der Waals surface area contributed by atoms with Crippen molar-refractivity contribution in [1.29, 1.82) is 0 Å². The molecule has 1 aliphatic rings. The van der Waals surface area contributed by atoms with Crippen molar-refractivity contribution in [3.63, 3.8) is 0 Å². The van der Waals surface area contributed by atoms with Gasteiger partial charge in [0.2, 0.25) is 0 Å². The monoisotopic (exact) mass is 402 g/mol. The molecule has 0 amide bonds. The maximum Gasteiger partial charge on any atom is 0.302 e. The Morgan fingerprint density at radius 3 is 1.54 bits per heavy atom. The number of carboxylic acids is 1. The second-order valence-corrected chi connectivity index (χ2v) is 7.12. The van der Waals surface area contributed by atoms with Crippen molar-refractivity contribution in [2.24, 2.45) is 0 Å². The van der Waals surface area contributed by atoms with Crippen LogP contribution in [0.15, 0.2) is 0 Å². The number of ether oxygens (including phenoxy) is 2. The maximum absolute atomic E-state index is 10.7. The predicted molar refractivity (Wildman–Crippen MR) is 107 cm³/mol. The van der Waals surface area contributed by atoms with Crippen LogP contribution >= 0.6 is 0 Å². The van der Waals surface area contributed by atoms with E-state index in [-0.39, 0.29) is 11.9 Å². The fraction of sp³-hybridized carbons (Fsp3) is 0.850. The first-order chi connectivity index (χ1) is 13.3. The summed E-state index contributed by atoms with van der Waals surface area (Å²) in [4.78, 5) is 30.3. The van der Waals surface area contributed by atoms with Crippen molar-refractivity contribution in [2.45, 2.75) is 84.2 Å². The number of carbonyl (C=O) groups is 3. The third-order valence-corrected chi connectivity index (χ3v) is 4.26. The van der Waals surface area contributed by atoms with Crippen LogP contribution < -0.4 is 10.6 Å². The number of rotatable bonds is 12. The molecule has 0 aliphatic carbocycles. The van der Waals surface area contributed by atoms with Crippen molar-refractivity contribution in [3.05, 3.63) is 0 Å². The molecule has 1 aliphatic heterocycles. The molecule has 3 N–H and O–H groups in total. The SMILES string of the molecule is CC(=O)O.CC(=O)OCCCCCC1CNCC(CCCCCOC(C)=O)N1. The van der Waals surface area contributed by atoms with E-state index in [0.717, 1.165) is 71.4 Å². The van der Waals surface area contributed by atoms with E-state index in [1.54, 1.807) is 0 Å². The van der Waals surface area contributed by atoms with Gasteiger partial charge in [0, 0.05) is 45.9 Å². The molecule has 8 heteroatoms. The number of piperazine rings is 1. The summed E-state index contributed by atoms with van der Waals surface area (Å²) in [5, 5.41) is 14.7. The predicted octanol–water partition coefficient (Wildman–Crippen LogP) is 2.25. The van der Waals surface area contributed by atoms with Gasteiger partial charge in [-0.25, -0.2) is 0 Å². The molecule has 1 rings (SSSR count). The molecule has 2 unspecified atom stereocenters. The summed E-state index contributed by atoms with van der Waals surface area (Å²) in [6, 6.07) is 1.08. The molecular formula is C20H38N2O6. The van der Waals surface area contributed by atoms with E-state index in [9.17, 15) is 9.59 Å². The third kappa shape index (κ3) is 19.1. The number of aliphatic carboxylic acids is 1. The molecule has 1 heterocycles. The first kappa shape index (κ1) is 26.3. The number of unbranched alkanes of at least 4 members (excludes halogenated alkanes) is 4. The Bertz CT molecular complexity index is 408. The van der Waals surface area contributed by atoms with Crippen molar-refractivity contribution in [3.8, 4) is 0 Å². The van der Waals surface area contributed by atoms with Crippen LogP contribution in [0.4, 0.5) is 0 Å². The van der Waals surface area contributed by atoms with E-state index in [0.29, 0.717) is 25.3 Å². The molecule has 1 fully saturated rings. The van der Waals surface area contributed by atoms with Crippen LogP contribution in [0.2, 0.25) is 0 Å². The highest BCUT2D eigenvalue weighted by atomic mass is 16.5. The van der Waals surface area contributed by atoms with Gasteiger partial charge in [-0.2, -0.15) is 0 Å². The fourth-order valence-corrected chi connectivity index (χ4v) is 3.02. The molecule has 28 heavy (non-hydrogen) atoms. The van der Waals surface area contributed by atoms with Gasteiger partial charge in [0.1, 0.15) is 0 Å². The highest BCUT2D eigenvalue weighted by molar-refractivity contribution is 5.66. The zero-order valence-electron chi connectivity index (χ0n) is 17.6. The highest BCUT2D eigenvalue weighted by Crippen LogP contribution is 2.11. The Labute approximate surface area is 168 Å². The lowest BCUT2D eigenvalue weighted by Crippen LogP contribution is -2.54. The number of carboxylic acid groups (broad SMARTS) is 1. The lowest BCUT2D eigenvalue weighted by Gasteiger charge is -2.32. The molecule has 2 atom stereocenters. The molecule has 1 saturated heterocycles. The van der Waals surface area contributed by atoms with Crippen LogP contribution in [0.5, 0.6) is 0 Å². The fourth-order valence-electron chi connectivity index (χ4n) is 3.02. The largest absolute Gasteiger partial charge is 0.481 e. The molecule has 0 aromatic carbocycles. The summed E-state index contributed by atoms with van der Waals surface area (Å²) < 4.78 is 9.88. The first-order valence-electron chi connectivity index (χ1n) is 10.2. The third-order valence-electron chi connectivity index (χ3n) is 4.26. The number of carbonyl (C=O) groups excluding carboxylic acids is 2. The minimum Gasteiger partial charge on any atom is -0.481 e. The van der Waals surface area contributed by atoms with E-state index in [2.05, 4.69) is 10.6 Å². The molecule has 0 spiro atoms. The Kier molecular flexibility index (Phi) is 16.4. The standard InChI is InChI=1S/C18H34N2O4.C2H4O2/c1-15(21)23-11-7-3-5-9-17-13-19-14-18(20-17)10-6-4-8-12-24-16(2)22;1-2(3)4/h17-20H,3-14H2,1-2H3;1H3,(H,3,4). The van der Waals surface area contributed by atoms with Crippen LogP contribution in [0.25, 0.3) is 0 Å². The molecule has 0 aromatic rings. The summed E-state index contributed by atoms with van der Waals surface area (Å²) in [5.74, 6) is -1.22. The van der Waals surface area contributed by atoms with Crippen LogP contribution in [0.1, 0.15) is 72.1 Å². The van der Waals surface area contributed by atoms with Gasteiger partial charge in [0.15, 0.2) is 0 Å². The van der Waals surface area contributed by atoms with Crippen molar-refractivity contribution in [1.82, 2.24) is 10.6 Å². The lowest BCUT2D eigenvalue weighted by atomic mass is 10.0. The van der Waals surface area contributed by atoms with Crippen LogP contribution in [-0.2, 0) is 23.9 Å². The number of esters is 2. The molecule has 0 saturated carbocycles. The Morgan fingerprint density at radius 1 is 0.786 bits per heavy atom. The van der Waals surface area contributed by atoms with Gasteiger partial charge >= 0.3 is 11.9 Å². The minimum absolute atomic E-state index is 0.191. The number of hydrogen-bond acceptors (Lipinski definition) is 7. The Morgan fingerprint density at radius 2 is 1.18 bits per heavy atom. The highest BCUT2D eigenvalue weighted by Gasteiger charge is 2.19. The molecule has 0 radical (unpaired) electrons. The first-order valence-corrected chi connectivity index (χ1v) is 10.2. The van der Waals surface area contributed by atoms with Gasteiger partial charge in [-0.05, 0) is 25.7 Å². The Balaban J connectivity index is 0.00000165. The second-order valence-electron chi connectivity index (χ2n) is 7.12. The lowest BCUT2D eigenvalue weighted by molar-refractivity contribution is -0.142. The normalized spacial score (nSPS) is 18.5. The maximum atomic E-state index is 10.7. The summed E-state index contributed by atoms with van der Waals surface area (Å²) in [6.45, 7) is 7.14. The molecule has 164 valence electrons. The van der Waals surface area contributed by atoms with E-state index in [1.165, 1.54) is 13.8 Å². The van der Waals surface area contributed by atoms with Gasteiger partial charge in [0.25, 0.3) is 5.97 Å². The van der Waals surface area contributed by atoms with Crippen molar-refractivity contribution in [2.75, 3.05) is 26.3 Å². The average molecular weight is 403 g/mol. The molecular weight excluding hydrogens is 364 g/mol.